The van der Waals surface area contributed by atoms with Gasteiger partial charge in [0, 0.05) is 11.6 Å². The molecule has 0 aromatic heterocycles. The van der Waals surface area contributed by atoms with Crippen LogP contribution in [0, 0.1) is 0 Å². The highest BCUT2D eigenvalue weighted by molar-refractivity contribution is 9.09. The van der Waals surface area contributed by atoms with Crippen molar-refractivity contribution >= 4 is 25.7 Å². The zero-order valence-electron chi connectivity index (χ0n) is 3.91. The van der Waals surface area contributed by atoms with Crippen molar-refractivity contribution < 1.29 is 4.43 Å². The monoisotopic (exact) mass is 168 g/mol. The van der Waals surface area contributed by atoms with E-state index in [2.05, 4.69) is 15.9 Å². The summed E-state index contributed by atoms with van der Waals surface area (Å²) in [5, 5.41) is 0. The maximum atomic E-state index is 5.07. The smallest absolute Gasteiger partial charge is 0.171 e. The first-order valence-corrected chi connectivity index (χ1v) is 4.75. The lowest BCUT2D eigenvalue weighted by molar-refractivity contribution is 0.363. The number of rotatable bonds is 3. The van der Waals surface area contributed by atoms with Gasteiger partial charge in [0.15, 0.2) is 9.76 Å². The minimum absolute atomic E-state index is 0.162. The van der Waals surface area contributed by atoms with E-state index >= 15 is 0 Å². The Morgan fingerprint density at radius 1 is 1.83 bits per heavy atom. The van der Waals surface area contributed by atoms with Crippen molar-refractivity contribution in [2.75, 3.05) is 11.6 Å². The van der Waals surface area contributed by atoms with E-state index in [0.717, 1.165) is 11.6 Å². The molecule has 0 fully saturated rings. The summed E-state index contributed by atoms with van der Waals surface area (Å²) in [5.74, 6) is 0. The second-order valence-electron chi connectivity index (χ2n) is 0.886. The van der Waals surface area contributed by atoms with Gasteiger partial charge < -0.3 is 4.43 Å². The zero-order valence-corrected chi connectivity index (χ0v) is 6.91. The minimum Gasteiger partial charge on any atom is -0.423 e. The summed E-state index contributed by atoms with van der Waals surface area (Å²) in [6.45, 7) is 2.91. The molecule has 0 aliphatic carbocycles. The van der Waals surface area contributed by atoms with Crippen LogP contribution in [0.5, 0.6) is 0 Å². The Kier molecular flexibility index (Phi) is 6.28. The van der Waals surface area contributed by atoms with Crippen LogP contribution in [-0.4, -0.2) is 21.3 Å². The summed E-state index contributed by atoms with van der Waals surface area (Å²) in [6.07, 6.45) is 0. The van der Waals surface area contributed by atoms with E-state index in [9.17, 15) is 0 Å². The lowest BCUT2D eigenvalue weighted by Crippen LogP contribution is -1.97. The third-order valence-electron chi connectivity index (χ3n) is 0.426. The van der Waals surface area contributed by atoms with Crippen molar-refractivity contribution in [2.45, 2.75) is 6.92 Å². The third kappa shape index (κ3) is 4.66. The fourth-order valence-corrected chi connectivity index (χ4v) is 1.28. The average Bonchev–Trinajstić information content (AvgIpc) is 1.61. The Morgan fingerprint density at radius 2 is 2.50 bits per heavy atom. The number of halogens is 1. The second-order valence-corrected chi connectivity index (χ2v) is 4.46. The van der Waals surface area contributed by atoms with Gasteiger partial charge in [0.1, 0.15) is 0 Å². The lowest BCUT2D eigenvalue weighted by atomic mass is 10.9. The van der Waals surface area contributed by atoms with Crippen molar-refractivity contribution in [2.24, 2.45) is 0 Å². The molecule has 0 rings (SSSR count). The standard InChI is InChI=1S/C3H9BrOSi/c1-2-5-6-3-4/h2-3,6H2,1H3. The molecule has 6 heavy (non-hydrogen) atoms. The Balaban J connectivity index is 2.34. The molecule has 0 saturated heterocycles. The van der Waals surface area contributed by atoms with E-state index in [1.807, 2.05) is 6.92 Å². The van der Waals surface area contributed by atoms with Crippen LogP contribution in [0.2, 0.25) is 0 Å². The molecule has 0 aliphatic rings. The normalized spacial score (nSPS) is 11.0. The van der Waals surface area contributed by atoms with Crippen molar-refractivity contribution in [1.29, 1.82) is 0 Å². The molecule has 0 atom stereocenters. The van der Waals surface area contributed by atoms with Gasteiger partial charge in [-0.2, -0.15) is 0 Å². The first-order valence-electron chi connectivity index (χ1n) is 2.05. The fourth-order valence-electron chi connectivity index (χ4n) is 0.199. The van der Waals surface area contributed by atoms with Crippen LogP contribution in [0.4, 0.5) is 0 Å². The quantitative estimate of drug-likeness (QED) is 0.339. The minimum atomic E-state index is -0.162. The van der Waals surface area contributed by atoms with E-state index in [0.29, 0.717) is 0 Å². The summed E-state index contributed by atoms with van der Waals surface area (Å²) >= 11 is 3.29. The maximum Gasteiger partial charge on any atom is 0.171 e. The Hall–Kier alpha value is 0.657. The molecule has 0 spiro atoms. The van der Waals surface area contributed by atoms with Crippen molar-refractivity contribution in [1.82, 2.24) is 0 Å². The molecule has 0 aromatic carbocycles. The van der Waals surface area contributed by atoms with Gasteiger partial charge in [-0.3, -0.25) is 0 Å². The van der Waals surface area contributed by atoms with Crippen LogP contribution in [0.3, 0.4) is 0 Å². The maximum absolute atomic E-state index is 5.07. The molecule has 3 heteroatoms. The fraction of sp³-hybridized carbons (Fsp3) is 1.00. The lowest BCUT2D eigenvalue weighted by Gasteiger charge is -1.90. The summed E-state index contributed by atoms with van der Waals surface area (Å²) in [5.41, 5.74) is 0. The van der Waals surface area contributed by atoms with Crippen LogP contribution in [0.1, 0.15) is 6.92 Å². The second kappa shape index (κ2) is 5.66. The van der Waals surface area contributed by atoms with Gasteiger partial charge in [0.2, 0.25) is 0 Å². The topological polar surface area (TPSA) is 9.23 Å². The first kappa shape index (κ1) is 6.66. The summed E-state index contributed by atoms with van der Waals surface area (Å²) in [4.78, 5) is 1.08. The van der Waals surface area contributed by atoms with E-state index in [1.54, 1.807) is 0 Å². The van der Waals surface area contributed by atoms with Crippen molar-refractivity contribution in [3.05, 3.63) is 0 Å². The van der Waals surface area contributed by atoms with E-state index in [1.165, 1.54) is 0 Å². The van der Waals surface area contributed by atoms with E-state index < -0.39 is 0 Å². The summed E-state index contributed by atoms with van der Waals surface area (Å²) in [7, 11) is -0.162. The van der Waals surface area contributed by atoms with E-state index in [4.69, 9.17) is 4.43 Å². The largest absolute Gasteiger partial charge is 0.423 e. The molecule has 1 nitrogen and oxygen atoms in total. The molecule has 0 N–H and O–H groups in total. The molecule has 0 amide bonds. The van der Waals surface area contributed by atoms with Crippen LogP contribution in [-0.2, 0) is 4.43 Å². The Morgan fingerprint density at radius 3 is 2.67 bits per heavy atom. The number of hydrogen-bond acceptors (Lipinski definition) is 1. The molecular weight excluding hydrogens is 160 g/mol. The molecule has 0 unspecified atom stereocenters. The molecule has 0 radical (unpaired) electrons. The first-order chi connectivity index (χ1) is 2.91. The predicted molar refractivity (Wildman–Crippen MR) is 34.0 cm³/mol. The molecule has 38 valence electrons. The van der Waals surface area contributed by atoms with Gasteiger partial charge >= 0.3 is 0 Å². The highest BCUT2D eigenvalue weighted by Gasteiger charge is 1.76. The number of hydrogen-bond donors (Lipinski definition) is 0. The molecule has 0 bridgehead atoms. The summed E-state index contributed by atoms with van der Waals surface area (Å²) < 4.78 is 5.07. The molecule has 0 heterocycles. The van der Waals surface area contributed by atoms with Crippen LogP contribution in [0.15, 0.2) is 0 Å². The molecule has 0 aliphatic heterocycles. The SMILES string of the molecule is CCO[SiH2]CBr. The van der Waals surface area contributed by atoms with Gasteiger partial charge in [0.25, 0.3) is 0 Å². The molecular formula is C3H9BrOSi. The number of alkyl halides is 1. The third-order valence-corrected chi connectivity index (χ3v) is 2.25. The highest BCUT2D eigenvalue weighted by atomic mass is 79.9. The molecule has 0 aromatic rings. The van der Waals surface area contributed by atoms with Gasteiger partial charge in [-0.1, -0.05) is 15.9 Å². The van der Waals surface area contributed by atoms with Crippen LogP contribution < -0.4 is 0 Å². The summed E-state index contributed by atoms with van der Waals surface area (Å²) in [6, 6.07) is 0. The van der Waals surface area contributed by atoms with E-state index in [-0.39, 0.29) is 9.76 Å². The van der Waals surface area contributed by atoms with Gasteiger partial charge in [-0.15, -0.1) is 0 Å². The van der Waals surface area contributed by atoms with Crippen molar-refractivity contribution in [3.63, 3.8) is 0 Å². The zero-order chi connectivity index (χ0) is 4.83. The highest BCUT2D eigenvalue weighted by Crippen LogP contribution is 1.75. The van der Waals surface area contributed by atoms with Crippen molar-refractivity contribution in [3.8, 4) is 0 Å². The van der Waals surface area contributed by atoms with Gasteiger partial charge in [-0.05, 0) is 6.92 Å². The van der Waals surface area contributed by atoms with Gasteiger partial charge in [0.05, 0.1) is 0 Å². The Labute approximate surface area is 49.1 Å². The van der Waals surface area contributed by atoms with Gasteiger partial charge in [-0.25, -0.2) is 0 Å². The average molecular weight is 169 g/mol. The molecule has 0 saturated carbocycles. The van der Waals surface area contributed by atoms with Crippen LogP contribution >= 0.6 is 15.9 Å². The Bertz CT molecular complexity index is 22.8. The predicted octanol–water partition coefficient (Wildman–Crippen LogP) is 0.459. The van der Waals surface area contributed by atoms with Crippen LogP contribution in [0.25, 0.3) is 0 Å².